The number of carbonyl (C=O) groups is 6. The van der Waals surface area contributed by atoms with Crippen LogP contribution in [0, 0.1) is 13.8 Å². The molecule has 0 spiro atoms. The van der Waals surface area contributed by atoms with Gasteiger partial charge >= 0.3 is 24.0 Å². The topological polar surface area (TPSA) is 282 Å². The molecule has 4 aliphatic rings. The first-order chi connectivity index (χ1) is 55.9. The van der Waals surface area contributed by atoms with E-state index in [2.05, 4.69) is 65.1 Å². The average molecular weight is 1640 g/mol. The highest BCUT2D eigenvalue weighted by atomic mass is 79.9. The van der Waals surface area contributed by atoms with Crippen molar-refractivity contribution >= 4 is 120 Å². The molecule has 0 fully saturated rings. The Morgan fingerprint density at radius 3 is 1.30 bits per heavy atom. The van der Waals surface area contributed by atoms with Gasteiger partial charge in [0.05, 0.1) is 64.0 Å². The molecule has 115 heavy (non-hydrogen) atoms. The fraction of sp³-hybridized carbons (Fsp3) is 0.156. The summed E-state index contributed by atoms with van der Waals surface area (Å²) in [6.07, 6.45) is 10.6. The smallest absolute Gasteiger partial charge is 0.323 e. The second kappa shape index (κ2) is 38.3. The number of hydrogen-bond acceptors (Lipinski definition) is 13. The Hall–Kier alpha value is -13.3. The highest BCUT2D eigenvalue weighted by molar-refractivity contribution is 9.10. The van der Waals surface area contributed by atoms with Crippen molar-refractivity contribution < 1.29 is 39.0 Å². The molecule has 4 aliphatic heterocycles. The third-order valence-electron chi connectivity index (χ3n) is 18.9. The summed E-state index contributed by atoms with van der Waals surface area (Å²) in [5.74, 6) is -2.65. The van der Waals surface area contributed by atoms with Crippen molar-refractivity contribution in [3.63, 3.8) is 0 Å². The van der Waals surface area contributed by atoms with Crippen molar-refractivity contribution in [3.8, 4) is 33.9 Å². The Labute approximate surface area is 682 Å². The number of urea groups is 2. The van der Waals surface area contributed by atoms with Crippen LogP contribution in [0.3, 0.4) is 0 Å². The van der Waals surface area contributed by atoms with Gasteiger partial charge in [0.1, 0.15) is 0 Å². The number of halogens is 2. The molecule has 25 heteroatoms. The van der Waals surface area contributed by atoms with Crippen molar-refractivity contribution in [1.82, 2.24) is 40.2 Å². The quantitative estimate of drug-likeness (QED) is 0.0354. The number of thiophene rings is 1. The minimum absolute atomic E-state index is 0.111. The van der Waals surface area contributed by atoms with Crippen LogP contribution in [0.1, 0.15) is 107 Å². The highest BCUT2D eigenvalue weighted by Gasteiger charge is 2.38. The van der Waals surface area contributed by atoms with Gasteiger partial charge in [0.2, 0.25) is 11.8 Å². The molecular formula is C90H82BrClN14O8S. The third-order valence-corrected chi connectivity index (χ3v) is 20.5. The number of carbonyl (C=O) groups excluding carboxylic acids is 4. The number of aromatic nitrogens is 4. The first kappa shape index (κ1) is 79.8. The lowest BCUT2D eigenvalue weighted by atomic mass is 9.96. The molecule has 7 heterocycles. The Kier molecular flexibility index (Phi) is 26.6. The van der Waals surface area contributed by atoms with Crippen LogP contribution in [0.2, 0.25) is 5.02 Å². The summed E-state index contributed by atoms with van der Waals surface area (Å²) in [7, 11) is 0. The molecule has 2 atom stereocenters. The van der Waals surface area contributed by atoms with Crippen LogP contribution in [0.15, 0.2) is 293 Å². The van der Waals surface area contributed by atoms with Crippen molar-refractivity contribution in [3.05, 3.63) is 332 Å². The van der Waals surface area contributed by atoms with Gasteiger partial charge in [-0.25, -0.2) is 29.0 Å². The van der Waals surface area contributed by atoms with Crippen molar-refractivity contribution in [2.45, 2.75) is 77.3 Å². The van der Waals surface area contributed by atoms with Gasteiger partial charge in [-0.15, -0.1) is 11.3 Å². The maximum atomic E-state index is 13.2. The summed E-state index contributed by atoms with van der Waals surface area (Å²) < 4.78 is 4.57. The first-order valence-electron chi connectivity index (χ1n) is 37.4. The normalized spacial score (nSPS) is 14.4. The molecule has 8 N–H and O–H groups in total. The molecule has 0 bridgehead atoms. The van der Waals surface area contributed by atoms with E-state index in [-0.39, 0.29) is 55.6 Å². The van der Waals surface area contributed by atoms with Crippen molar-refractivity contribution in [2.75, 3.05) is 34.4 Å². The third kappa shape index (κ3) is 21.5. The molecule has 12 aromatic rings. The van der Waals surface area contributed by atoms with Crippen LogP contribution < -0.4 is 31.9 Å². The van der Waals surface area contributed by atoms with Gasteiger partial charge in [0.15, 0.2) is 0 Å². The maximum absolute atomic E-state index is 13.2. The van der Waals surface area contributed by atoms with Gasteiger partial charge in [0, 0.05) is 117 Å². The maximum Gasteiger partial charge on any atom is 0.323 e. The lowest BCUT2D eigenvalue weighted by molar-refractivity contribution is -0.141. The number of carboxylic acids is 2. The van der Waals surface area contributed by atoms with E-state index in [4.69, 9.17) is 37.1 Å². The molecular weight excluding hydrogens is 1550 g/mol. The van der Waals surface area contributed by atoms with Crippen LogP contribution in [-0.4, -0.2) is 100 Å². The van der Waals surface area contributed by atoms with E-state index in [1.54, 1.807) is 35.6 Å². The largest absolute Gasteiger partial charge is 0.481 e. The van der Waals surface area contributed by atoms with Gasteiger partial charge in [-0.3, -0.25) is 19.2 Å². The SMILES string of the molecule is Cc1ccc(-c2nn(-c3ccccc3)cc2C2CC(c3ccccc3)=NN2C(=O)CCC(=O)O)cc1.Cc1ccc(-c2nn(-c3ccccc3)cc2C2CC(c3cccs3)=NN2C(=O)CCC(=O)O)cc1.O=C(Nc1cccc(Br)c1)Nc1cccc(C2=CCCN2)c1.O=C(Nc1cccc(Cl)c1)Nc1cccc(C2=CCCN2)c1. The molecule has 0 saturated heterocycles. The molecule has 2 unspecified atom stereocenters. The van der Waals surface area contributed by atoms with Gasteiger partial charge in [-0.05, 0) is 140 Å². The first-order valence-corrected chi connectivity index (χ1v) is 39.5. The molecule has 0 aliphatic carbocycles. The number of hydrazone groups is 2. The second-order valence-corrected chi connectivity index (χ2v) is 29.6. The molecule has 22 nitrogen and oxygen atoms in total. The second-order valence-electron chi connectivity index (χ2n) is 27.3. The standard InChI is InChI=1S/C29H26N4O3.C27H24N4O3S.C17H16BrN3O.C17H16ClN3O/c1-20-12-14-22(15-13-20)29-24(19-32(31-29)23-10-6-3-7-11-23)26-18-25(21-8-4-2-5-9-21)30-33(26)27(34)16-17-28(35)36;1-18-9-11-19(12-10-18)27-21(17-30(29-27)20-6-3-2-4-7-20)23-16-22(24-8-5-15-35-24)28-31(23)25(32)13-14-26(33)34;2*18-13-5-2-7-15(11-13)21-17(22)20-14-6-1-4-12(10-14)16-8-3-9-19-16/h2-15,19,26H,16-18H2,1H3,(H,35,36);2-12,15,17,23H,13-14,16H2,1H3,(H,33,34);2*1-2,4-8,10-11,19H,3,9H2,(H2,20,21,22). The molecule has 580 valence electrons. The number of para-hydroxylation sites is 2. The number of aryl methyl sites for hydroxylation is 2. The number of rotatable bonds is 20. The lowest BCUT2D eigenvalue weighted by Crippen LogP contribution is -2.27. The van der Waals surface area contributed by atoms with Crippen LogP contribution in [0.4, 0.5) is 32.3 Å². The fourth-order valence-corrected chi connectivity index (χ4v) is 14.6. The lowest BCUT2D eigenvalue weighted by Gasteiger charge is -2.21. The van der Waals surface area contributed by atoms with E-state index in [1.807, 2.05) is 265 Å². The van der Waals surface area contributed by atoms with E-state index in [0.29, 0.717) is 23.6 Å². The number of hydrogen-bond donors (Lipinski definition) is 8. The number of nitrogens with zero attached hydrogens (tertiary/aromatic N) is 8. The van der Waals surface area contributed by atoms with Crippen molar-refractivity contribution in [1.29, 1.82) is 0 Å². The summed E-state index contributed by atoms with van der Waals surface area (Å²) in [6.45, 7) is 6.00. The zero-order valence-electron chi connectivity index (χ0n) is 62.9. The van der Waals surface area contributed by atoms with Crippen LogP contribution in [0.5, 0.6) is 0 Å². The van der Waals surface area contributed by atoms with Crippen LogP contribution in [-0.2, 0) is 19.2 Å². The van der Waals surface area contributed by atoms with Crippen LogP contribution in [0.25, 0.3) is 45.3 Å². The number of carboxylic acid groups (broad SMARTS) is 2. The summed E-state index contributed by atoms with van der Waals surface area (Å²) in [4.78, 5) is 73.7. The number of aliphatic carboxylic acids is 2. The molecule has 16 rings (SSSR count). The summed E-state index contributed by atoms with van der Waals surface area (Å²) in [5.41, 5.74) is 19.1. The zero-order chi connectivity index (χ0) is 80.2. The summed E-state index contributed by atoms with van der Waals surface area (Å²) >= 11 is 10.8. The highest BCUT2D eigenvalue weighted by Crippen LogP contribution is 2.42. The van der Waals surface area contributed by atoms with E-state index in [9.17, 15) is 28.8 Å². The molecule has 3 aromatic heterocycles. The van der Waals surface area contributed by atoms with Crippen molar-refractivity contribution in [2.24, 2.45) is 10.2 Å². The molecule has 0 radical (unpaired) electrons. The Morgan fingerprint density at radius 1 is 0.461 bits per heavy atom. The van der Waals surface area contributed by atoms with Gasteiger partial charge < -0.3 is 42.1 Å². The van der Waals surface area contributed by atoms with Crippen LogP contribution >= 0.6 is 38.9 Å². The molecule has 6 amide bonds. The van der Waals surface area contributed by atoms with E-state index in [0.717, 1.165) is 148 Å². The summed E-state index contributed by atoms with van der Waals surface area (Å²) in [5, 5.41) is 60.8. The van der Waals surface area contributed by atoms with E-state index >= 15 is 0 Å². The molecule has 9 aromatic carbocycles. The van der Waals surface area contributed by atoms with Gasteiger partial charge in [0.25, 0.3) is 0 Å². The minimum Gasteiger partial charge on any atom is -0.481 e. The predicted octanol–water partition coefficient (Wildman–Crippen LogP) is 19.6. The monoisotopic (exact) mass is 1630 g/mol. The Bertz CT molecular complexity index is 5460. The van der Waals surface area contributed by atoms with E-state index in [1.165, 1.54) is 10.0 Å². The van der Waals surface area contributed by atoms with Gasteiger partial charge in [-0.1, -0.05) is 209 Å². The number of nitrogens with one attached hydrogen (secondary N) is 6. The number of amides is 6. The number of benzene rings is 9. The number of anilines is 4. The average Bonchev–Trinajstić information content (AvgIpc) is 1.62. The van der Waals surface area contributed by atoms with Gasteiger partial charge in [-0.2, -0.15) is 20.4 Å². The minimum atomic E-state index is -1.01. The van der Waals surface area contributed by atoms with E-state index < -0.39 is 18.0 Å². The Balaban J connectivity index is 0.000000137. The fourth-order valence-electron chi connectivity index (χ4n) is 13.3. The zero-order valence-corrected chi connectivity index (χ0v) is 66.0. The summed E-state index contributed by atoms with van der Waals surface area (Å²) in [6, 6.07) is 78.3. The molecule has 0 saturated carbocycles. The predicted molar refractivity (Wildman–Crippen MR) is 458 cm³/mol. The Morgan fingerprint density at radius 2 is 0.878 bits per heavy atom.